The van der Waals surface area contributed by atoms with Gasteiger partial charge in [0, 0.05) is 38.6 Å². The molecule has 0 N–H and O–H groups in total. The van der Waals surface area contributed by atoms with E-state index in [0.717, 1.165) is 50.2 Å². The Kier molecular flexibility index (Phi) is 6.18. The van der Waals surface area contributed by atoms with Crippen molar-refractivity contribution in [2.75, 3.05) is 4.90 Å². The highest BCUT2D eigenvalue weighted by Gasteiger charge is 2.22. The van der Waals surface area contributed by atoms with E-state index in [1.165, 1.54) is 38.2 Å². The van der Waals surface area contributed by atoms with Crippen LogP contribution in [0.15, 0.2) is 186 Å². The summed E-state index contributed by atoms with van der Waals surface area (Å²) in [7, 11) is 0. The zero-order chi connectivity index (χ0) is 32.3. The van der Waals surface area contributed by atoms with E-state index in [-0.39, 0.29) is 0 Å². The van der Waals surface area contributed by atoms with Crippen LogP contribution in [-0.4, -0.2) is 4.57 Å². The number of benzene rings is 8. The van der Waals surface area contributed by atoms with Crippen molar-refractivity contribution in [1.82, 2.24) is 4.57 Å². The van der Waals surface area contributed by atoms with Gasteiger partial charge in [0.2, 0.25) is 0 Å². The van der Waals surface area contributed by atoms with Crippen LogP contribution in [0, 0.1) is 0 Å². The molecule has 0 radical (unpaired) electrons. The van der Waals surface area contributed by atoms with Crippen LogP contribution in [0.4, 0.5) is 17.1 Å². The van der Waals surface area contributed by atoms with E-state index < -0.39 is 0 Å². The number of nitrogens with zero attached hydrogens (tertiary/aromatic N) is 2. The van der Waals surface area contributed by atoms with Crippen molar-refractivity contribution in [3.8, 4) is 16.8 Å². The molecule has 0 saturated carbocycles. The lowest BCUT2D eigenvalue weighted by atomic mass is 9.98. The van der Waals surface area contributed by atoms with Gasteiger partial charge in [-0.05, 0) is 82.6 Å². The SMILES string of the molecule is c1ccc(-n2c3ccccc3c3cccc(N(c4ccc(-c5cccc6ccccc56)cc4)c4ccc5oc6ccccc6c5c4)c32)cc1. The lowest BCUT2D eigenvalue weighted by Crippen LogP contribution is -2.11. The summed E-state index contributed by atoms with van der Waals surface area (Å²) in [6.45, 7) is 0. The number of hydrogen-bond donors (Lipinski definition) is 0. The van der Waals surface area contributed by atoms with E-state index in [0.29, 0.717) is 0 Å². The Bertz CT molecular complexity index is 2820. The van der Waals surface area contributed by atoms with E-state index in [9.17, 15) is 0 Å². The second kappa shape index (κ2) is 11.0. The molecule has 10 rings (SSSR count). The van der Waals surface area contributed by atoms with Crippen molar-refractivity contribution in [3.63, 3.8) is 0 Å². The van der Waals surface area contributed by atoms with E-state index in [1.807, 2.05) is 12.1 Å². The number of furan rings is 1. The first-order chi connectivity index (χ1) is 24.3. The highest BCUT2D eigenvalue weighted by atomic mass is 16.3. The summed E-state index contributed by atoms with van der Waals surface area (Å²) in [5.74, 6) is 0. The van der Waals surface area contributed by atoms with Gasteiger partial charge in [0.05, 0.1) is 16.7 Å². The van der Waals surface area contributed by atoms with Crippen LogP contribution in [0.3, 0.4) is 0 Å². The maximum atomic E-state index is 6.26. The summed E-state index contributed by atoms with van der Waals surface area (Å²) in [4.78, 5) is 2.40. The lowest BCUT2D eigenvalue weighted by molar-refractivity contribution is 0.669. The molecule has 0 fully saturated rings. The fourth-order valence-electron chi connectivity index (χ4n) is 7.57. The van der Waals surface area contributed by atoms with Crippen molar-refractivity contribution in [3.05, 3.63) is 182 Å². The van der Waals surface area contributed by atoms with Crippen LogP contribution >= 0.6 is 0 Å². The van der Waals surface area contributed by atoms with E-state index in [4.69, 9.17) is 4.42 Å². The molecule has 0 unspecified atom stereocenters. The summed E-state index contributed by atoms with van der Waals surface area (Å²) in [5.41, 5.74) is 10.9. The molecule has 3 nitrogen and oxygen atoms in total. The number of fused-ring (bicyclic) bond motifs is 7. The van der Waals surface area contributed by atoms with E-state index >= 15 is 0 Å². The number of rotatable bonds is 5. The van der Waals surface area contributed by atoms with Crippen LogP contribution < -0.4 is 4.90 Å². The Morgan fingerprint density at radius 3 is 1.96 bits per heavy atom. The standard InChI is InChI=1S/C46H30N2O/c1-2-14-33(15-3-1)48-42-21-8-6-17-38(42)40-20-11-22-43(46(40)48)47(35-28-29-45-41(30-35)39-18-7-9-23-44(39)49-45)34-26-24-32(25-27-34)37-19-10-13-31-12-4-5-16-36(31)37/h1-30H. The highest BCUT2D eigenvalue weighted by molar-refractivity contribution is 6.15. The van der Waals surface area contributed by atoms with Gasteiger partial charge in [-0.3, -0.25) is 0 Å². The minimum Gasteiger partial charge on any atom is -0.456 e. The smallest absolute Gasteiger partial charge is 0.135 e. The van der Waals surface area contributed by atoms with Gasteiger partial charge in [0.25, 0.3) is 0 Å². The average molecular weight is 627 g/mol. The fourth-order valence-corrected chi connectivity index (χ4v) is 7.57. The topological polar surface area (TPSA) is 21.3 Å². The van der Waals surface area contributed by atoms with E-state index in [2.05, 4.69) is 179 Å². The zero-order valence-electron chi connectivity index (χ0n) is 26.6. The van der Waals surface area contributed by atoms with Crippen molar-refractivity contribution in [2.24, 2.45) is 0 Å². The molecule has 2 aromatic heterocycles. The lowest BCUT2D eigenvalue weighted by Gasteiger charge is -2.27. The monoisotopic (exact) mass is 626 g/mol. The van der Waals surface area contributed by atoms with Gasteiger partial charge in [0.1, 0.15) is 11.2 Å². The third kappa shape index (κ3) is 4.37. The van der Waals surface area contributed by atoms with Gasteiger partial charge < -0.3 is 13.9 Å². The molecule has 0 amide bonds. The predicted octanol–water partition coefficient (Wildman–Crippen LogP) is 13.0. The Labute approximate surface area is 283 Å². The highest BCUT2D eigenvalue weighted by Crippen LogP contribution is 2.45. The quantitative estimate of drug-likeness (QED) is 0.190. The first-order valence-corrected chi connectivity index (χ1v) is 16.7. The van der Waals surface area contributed by atoms with Gasteiger partial charge >= 0.3 is 0 Å². The largest absolute Gasteiger partial charge is 0.456 e. The third-order valence-corrected chi connectivity index (χ3v) is 9.77. The molecule has 0 aliphatic rings. The molecule has 2 heterocycles. The summed E-state index contributed by atoms with van der Waals surface area (Å²) >= 11 is 0. The van der Waals surface area contributed by atoms with E-state index in [1.54, 1.807) is 0 Å². The Balaban J connectivity index is 1.24. The molecule has 8 aromatic carbocycles. The van der Waals surface area contributed by atoms with Crippen LogP contribution in [0.1, 0.15) is 0 Å². The molecular formula is C46H30N2O. The van der Waals surface area contributed by atoms with Gasteiger partial charge in [-0.2, -0.15) is 0 Å². The third-order valence-electron chi connectivity index (χ3n) is 9.77. The molecule has 10 aromatic rings. The predicted molar refractivity (Wildman–Crippen MR) is 206 cm³/mol. The first kappa shape index (κ1) is 27.5. The minimum absolute atomic E-state index is 0.882. The number of hydrogen-bond acceptors (Lipinski definition) is 2. The normalized spacial score (nSPS) is 11.7. The minimum atomic E-state index is 0.882. The second-order valence-corrected chi connectivity index (χ2v) is 12.5. The Hall–Kier alpha value is -6.58. The average Bonchev–Trinajstić information content (AvgIpc) is 3.71. The molecular weight excluding hydrogens is 597 g/mol. The Morgan fingerprint density at radius 2 is 1.08 bits per heavy atom. The maximum Gasteiger partial charge on any atom is 0.135 e. The summed E-state index contributed by atoms with van der Waals surface area (Å²) in [6.07, 6.45) is 0. The Morgan fingerprint density at radius 1 is 0.429 bits per heavy atom. The van der Waals surface area contributed by atoms with Crippen LogP contribution in [0.2, 0.25) is 0 Å². The number of anilines is 3. The zero-order valence-corrected chi connectivity index (χ0v) is 26.6. The van der Waals surface area contributed by atoms with Gasteiger partial charge in [0.15, 0.2) is 0 Å². The molecule has 230 valence electrons. The summed E-state index contributed by atoms with van der Waals surface area (Å²) < 4.78 is 8.67. The van der Waals surface area contributed by atoms with Crippen LogP contribution in [0.25, 0.3) is 71.3 Å². The first-order valence-electron chi connectivity index (χ1n) is 16.7. The van der Waals surface area contributed by atoms with Gasteiger partial charge in [-0.25, -0.2) is 0 Å². The molecule has 0 aliphatic heterocycles. The van der Waals surface area contributed by atoms with Crippen molar-refractivity contribution in [2.45, 2.75) is 0 Å². The second-order valence-electron chi connectivity index (χ2n) is 12.5. The van der Waals surface area contributed by atoms with Crippen molar-refractivity contribution in [1.29, 1.82) is 0 Å². The number of aromatic nitrogens is 1. The maximum absolute atomic E-state index is 6.26. The van der Waals surface area contributed by atoms with Gasteiger partial charge in [-0.15, -0.1) is 0 Å². The molecule has 0 atom stereocenters. The van der Waals surface area contributed by atoms with Crippen LogP contribution in [-0.2, 0) is 0 Å². The molecule has 0 aliphatic carbocycles. The van der Waals surface area contributed by atoms with Crippen molar-refractivity contribution < 1.29 is 4.42 Å². The van der Waals surface area contributed by atoms with Crippen molar-refractivity contribution >= 4 is 71.6 Å². The molecule has 0 saturated heterocycles. The number of para-hydroxylation sites is 4. The van der Waals surface area contributed by atoms with Crippen LogP contribution in [0.5, 0.6) is 0 Å². The fraction of sp³-hybridized carbons (Fsp3) is 0. The molecule has 49 heavy (non-hydrogen) atoms. The summed E-state index contributed by atoms with van der Waals surface area (Å²) in [5, 5.41) is 7.15. The van der Waals surface area contributed by atoms with Gasteiger partial charge in [-0.1, -0.05) is 121 Å². The molecule has 0 spiro atoms. The summed E-state index contributed by atoms with van der Waals surface area (Å²) in [6, 6.07) is 65.1. The molecule has 0 bridgehead atoms. The molecule has 3 heteroatoms.